The minimum Gasteiger partial charge on any atom is -0.453 e. The minimum atomic E-state index is 0.379. The molecule has 0 radical (unpaired) electrons. The molecule has 0 amide bonds. The van der Waals surface area contributed by atoms with E-state index in [2.05, 4.69) is 15.3 Å². The van der Waals surface area contributed by atoms with Gasteiger partial charge in [-0.1, -0.05) is 29.8 Å². The van der Waals surface area contributed by atoms with E-state index < -0.39 is 0 Å². The summed E-state index contributed by atoms with van der Waals surface area (Å²) in [5.41, 5.74) is 1.43. The first kappa shape index (κ1) is 10.5. The van der Waals surface area contributed by atoms with Crippen LogP contribution in [0.1, 0.15) is 0 Å². The topological polar surface area (TPSA) is 56.2 Å². The van der Waals surface area contributed by atoms with Gasteiger partial charge in [-0.05, 0) is 24.3 Å². The van der Waals surface area contributed by atoms with Crippen molar-refractivity contribution in [3.05, 3.63) is 47.6 Å². The highest BCUT2D eigenvalue weighted by Crippen LogP contribution is 2.26. The highest BCUT2D eigenvalue weighted by molar-refractivity contribution is 6.29. The van der Waals surface area contributed by atoms with Crippen LogP contribution < -0.4 is 0 Å². The van der Waals surface area contributed by atoms with Crippen molar-refractivity contribution < 1.29 is 4.42 Å². The molecular weight excluding hydrogens is 264 g/mol. The molecule has 0 aliphatic heterocycles. The van der Waals surface area contributed by atoms with Gasteiger partial charge in [0, 0.05) is 5.39 Å². The van der Waals surface area contributed by atoms with Crippen LogP contribution in [0.3, 0.4) is 0 Å². The maximum Gasteiger partial charge on any atom is 0.220 e. The molecule has 3 aromatic heterocycles. The first-order chi connectivity index (χ1) is 9.31. The standard InChI is InChI=1S/C13H7ClN4O/c14-11-5-6-12-15-16-13(18(12)17-11)10-7-8-3-1-2-4-9(8)19-10/h1-7H. The Morgan fingerprint density at radius 1 is 1.05 bits per heavy atom. The summed E-state index contributed by atoms with van der Waals surface area (Å²) in [6.07, 6.45) is 0. The Hall–Kier alpha value is -2.40. The van der Waals surface area contributed by atoms with Crippen LogP contribution in [0.15, 0.2) is 46.9 Å². The molecule has 0 bridgehead atoms. The second kappa shape index (κ2) is 3.80. The molecule has 0 atom stereocenters. The zero-order valence-electron chi connectivity index (χ0n) is 9.62. The highest BCUT2D eigenvalue weighted by Gasteiger charge is 2.14. The van der Waals surface area contributed by atoms with E-state index in [9.17, 15) is 0 Å². The molecule has 0 aliphatic rings. The van der Waals surface area contributed by atoms with Crippen LogP contribution in [0, 0.1) is 0 Å². The van der Waals surface area contributed by atoms with E-state index in [1.165, 1.54) is 0 Å². The Labute approximate surface area is 112 Å². The predicted molar refractivity (Wildman–Crippen MR) is 71.0 cm³/mol. The molecule has 0 unspecified atom stereocenters. The van der Waals surface area contributed by atoms with Crippen molar-refractivity contribution in [2.75, 3.05) is 0 Å². The van der Waals surface area contributed by atoms with Crippen LogP contribution in [-0.2, 0) is 0 Å². The molecule has 19 heavy (non-hydrogen) atoms. The number of para-hydroxylation sites is 1. The summed E-state index contributed by atoms with van der Waals surface area (Å²) in [4.78, 5) is 0. The van der Waals surface area contributed by atoms with Crippen molar-refractivity contribution in [2.45, 2.75) is 0 Å². The fraction of sp³-hybridized carbons (Fsp3) is 0. The molecule has 1 aromatic carbocycles. The van der Waals surface area contributed by atoms with Crippen molar-refractivity contribution in [3.63, 3.8) is 0 Å². The number of hydrogen-bond donors (Lipinski definition) is 0. The monoisotopic (exact) mass is 270 g/mol. The predicted octanol–water partition coefficient (Wildman–Crippen LogP) is 3.19. The summed E-state index contributed by atoms with van der Waals surface area (Å²) in [5, 5.41) is 13.7. The van der Waals surface area contributed by atoms with E-state index in [0.717, 1.165) is 11.0 Å². The van der Waals surface area contributed by atoms with E-state index in [0.29, 0.717) is 22.4 Å². The molecule has 0 saturated heterocycles. The number of benzene rings is 1. The molecule has 6 heteroatoms. The second-order valence-corrected chi connectivity index (χ2v) is 4.49. The van der Waals surface area contributed by atoms with Crippen LogP contribution in [0.5, 0.6) is 0 Å². The zero-order valence-corrected chi connectivity index (χ0v) is 10.4. The maximum atomic E-state index is 5.90. The lowest BCUT2D eigenvalue weighted by Crippen LogP contribution is -1.93. The lowest BCUT2D eigenvalue weighted by molar-refractivity contribution is 0.621. The zero-order chi connectivity index (χ0) is 12.8. The van der Waals surface area contributed by atoms with E-state index in [1.807, 2.05) is 30.3 Å². The second-order valence-electron chi connectivity index (χ2n) is 4.10. The quantitative estimate of drug-likeness (QED) is 0.533. The maximum absolute atomic E-state index is 5.90. The van der Waals surface area contributed by atoms with Gasteiger partial charge in [0.25, 0.3) is 0 Å². The molecule has 92 valence electrons. The van der Waals surface area contributed by atoms with Crippen molar-refractivity contribution >= 4 is 28.2 Å². The number of fused-ring (bicyclic) bond motifs is 2. The average molecular weight is 271 g/mol. The average Bonchev–Trinajstić information content (AvgIpc) is 3.00. The normalized spacial score (nSPS) is 11.4. The highest BCUT2D eigenvalue weighted by atomic mass is 35.5. The van der Waals surface area contributed by atoms with Gasteiger partial charge < -0.3 is 4.42 Å². The van der Waals surface area contributed by atoms with Crippen molar-refractivity contribution in [1.29, 1.82) is 0 Å². The Balaban J connectivity index is 2.00. The third-order valence-corrected chi connectivity index (χ3v) is 3.08. The first-order valence-electron chi connectivity index (χ1n) is 5.68. The summed E-state index contributed by atoms with van der Waals surface area (Å²) in [6, 6.07) is 13.1. The Kier molecular flexibility index (Phi) is 2.10. The van der Waals surface area contributed by atoms with Crippen molar-refractivity contribution in [1.82, 2.24) is 19.8 Å². The van der Waals surface area contributed by atoms with E-state index in [-0.39, 0.29) is 0 Å². The number of halogens is 1. The molecule has 0 fully saturated rings. The molecule has 0 aliphatic carbocycles. The van der Waals surface area contributed by atoms with Gasteiger partial charge in [0.1, 0.15) is 10.7 Å². The van der Waals surface area contributed by atoms with Gasteiger partial charge >= 0.3 is 0 Å². The fourth-order valence-corrected chi connectivity index (χ4v) is 2.15. The largest absolute Gasteiger partial charge is 0.453 e. The van der Waals surface area contributed by atoms with Gasteiger partial charge in [0.05, 0.1) is 0 Å². The van der Waals surface area contributed by atoms with E-state index in [4.69, 9.17) is 16.0 Å². The van der Waals surface area contributed by atoms with Gasteiger partial charge in [0.2, 0.25) is 5.82 Å². The number of hydrogen-bond acceptors (Lipinski definition) is 4. The van der Waals surface area contributed by atoms with Gasteiger partial charge in [-0.25, -0.2) is 0 Å². The summed E-state index contributed by atoms with van der Waals surface area (Å²) >= 11 is 5.90. The molecule has 3 heterocycles. The Bertz CT molecular complexity index is 863. The number of furan rings is 1. The summed E-state index contributed by atoms with van der Waals surface area (Å²) in [6.45, 7) is 0. The Morgan fingerprint density at radius 3 is 2.84 bits per heavy atom. The number of aromatic nitrogens is 4. The molecule has 4 rings (SSSR count). The molecule has 5 nitrogen and oxygen atoms in total. The molecular formula is C13H7ClN4O. The third-order valence-electron chi connectivity index (χ3n) is 2.88. The molecule has 0 N–H and O–H groups in total. The van der Waals surface area contributed by atoms with Gasteiger partial charge in [-0.2, -0.15) is 9.61 Å². The van der Waals surface area contributed by atoms with E-state index >= 15 is 0 Å². The Morgan fingerprint density at radius 2 is 1.95 bits per heavy atom. The SMILES string of the molecule is Clc1ccc2nnc(-c3cc4ccccc4o3)n2n1. The van der Waals surface area contributed by atoms with Crippen molar-refractivity contribution in [2.24, 2.45) is 0 Å². The van der Waals surface area contributed by atoms with Gasteiger partial charge in [0.15, 0.2) is 11.4 Å². The number of nitrogens with zero attached hydrogens (tertiary/aromatic N) is 4. The molecule has 4 aromatic rings. The van der Waals surface area contributed by atoms with Crippen LogP contribution in [0.4, 0.5) is 0 Å². The first-order valence-corrected chi connectivity index (χ1v) is 6.06. The third kappa shape index (κ3) is 1.59. The van der Waals surface area contributed by atoms with E-state index in [1.54, 1.807) is 16.6 Å². The van der Waals surface area contributed by atoms with Gasteiger partial charge in [-0.15, -0.1) is 10.2 Å². The van der Waals surface area contributed by atoms with Crippen LogP contribution in [0.25, 0.3) is 28.2 Å². The minimum absolute atomic E-state index is 0.379. The van der Waals surface area contributed by atoms with Gasteiger partial charge in [-0.3, -0.25) is 0 Å². The van der Waals surface area contributed by atoms with Crippen LogP contribution in [0.2, 0.25) is 5.15 Å². The van der Waals surface area contributed by atoms with Crippen LogP contribution >= 0.6 is 11.6 Å². The molecule has 0 spiro atoms. The van der Waals surface area contributed by atoms with Crippen molar-refractivity contribution in [3.8, 4) is 11.6 Å². The number of rotatable bonds is 1. The van der Waals surface area contributed by atoms with Crippen LogP contribution in [-0.4, -0.2) is 19.8 Å². The summed E-state index contributed by atoms with van der Waals surface area (Å²) < 4.78 is 7.32. The summed E-state index contributed by atoms with van der Waals surface area (Å²) in [7, 11) is 0. The fourth-order valence-electron chi connectivity index (χ4n) is 2.01. The lowest BCUT2D eigenvalue weighted by Gasteiger charge is -1.95. The molecule has 0 saturated carbocycles. The smallest absolute Gasteiger partial charge is 0.220 e. The lowest BCUT2D eigenvalue weighted by atomic mass is 10.2. The summed E-state index contributed by atoms with van der Waals surface area (Å²) in [5.74, 6) is 1.15.